The van der Waals surface area contributed by atoms with Crippen molar-refractivity contribution in [2.45, 2.75) is 40.0 Å². The lowest BCUT2D eigenvalue weighted by Gasteiger charge is -2.27. The average Bonchev–Trinajstić information content (AvgIpc) is 3.04. The molecule has 8 nitrogen and oxygen atoms in total. The van der Waals surface area contributed by atoms with Crippen molar-refractivity contribution in [2.24, 2.45) is 0 Å². The van der Waals surface area contributed by atoms with Crippen molar-refractivity contribution in [3.05, 3.63) is 41.6 Å². The van der Waals surface area contributed by atoms with E-state index in [-0.39, 0.29) is 18.5 Å². The summed E-state index contributed by atoms with van der Waals surface area (Å²) in [6.45, 7) is 10.9. The van der Waals surface area contributed by atoms with Crippen molar-refractivity contribution in [1.82, 2.24) is 20.2 Å². The van der Waals surface area contributed by atoms with E-state index in [0.29, 0.717) is 26.2 Å². The summed E-state index contributed by atoms with van der Waals surface area (Å²) in [7, 11) is 0. The fourth-order valence-corrected chi connectivity index (χ4v) is 4.00. The van der Waals surface area contributed by atoms with E-state index in [1.54, 1.807) is 11.8 Å². The van der Waals surface area contributed by atoms with Gasteiger partial charge in [0.05, 0.1) is 6.61 Å². The molecular formula is C24H33N5O3. The predicted molar refractivity (Wildman–Crippen MR) is 125 cm³/mol. The molecule has 0 radical (unpaired) electrons. The molecule has 1 N–H and O–H groups in total. The van der Waals surface area contributed by atoms with Crippen LogP contribution in [-0.4, -0.2) is 66.2 Å². The van der Waals surface area contributed by atoms with Crippen LogP contribution >= 0.6 is 0 Å². The van der Waals surface area contributed by atoms with Crippen LogP contribution in [0, 0.1) is 6.92 Å². The fraction of sp³-hybridized carbons (Fsp3) is 0.500. The van der Waals surface area contributed by atoms with Crippen molar-refractivity contribution in [3.8, 4) is 11.4 Å². The third kappa shape index (κ3) is 5.75. The highest BCUT2D eigenvalue weighted by molar-refractivity contribution is 5.81. The molecule has 1 aromatic carbocycles. The molecule has 0 saturated carbocycles. The van der Waals surface area contributed by atoms with E-state index >= 15 is 0 Å². The monoisotopic (exact) mass is 439 g/mol. The van der Waals surface area contributed by atoms with Crippen LogP contribution in [0.25, 0.3) is 11.4 Å². The molecule has 2 aromatic rings. The van der Waals surface area contributed by atoms with Crippen LogP contribution < -0.4 is 10.2 Å². The highest BCUT2D eigenvalue weighted by atomic mass is 16.5. The molecule has 3 rings (SSSR count). The summed E-state index contributed by atoms with van der Waals surface area (Å²) >= 11 is 0. The Hall–Kier alpha value is -3.16. The molecule has 0 spiro atoms. The van der Waals surface area contributed by atoms with Crippen LogP contribution in [0.2, 0.25) is 0 Å². The quantitative estimate of drug-likeness (QED) is 0.695. The van der Waals surface area contributed by atoms with Gasteiger partial charge in [0, 0.05) is 43.0 Å². The second-order valence-electron chi connectivity index (χ2n) is 8.18. The molecule has 0 atom stereocenters. The maximum Gasteiger partial charge on any atom is 0.325 e. The number of carbonyl (C=O) groups is 2. The molecule has 1 saturated heterocycles. The first-order chi connectivity index (χ1) is 15.4. The van der Waals surface area contributed by atoms with Crippen LogP contribution in [0.3, 0.4) is 0 Å². The minimum atomic E-state index is -0.427. The van der Waals surface area contributed by atoms with Crippen LogP contribution in [0.5, 0.6) is 0 Å². The third-order valence-electron chi connectivity index (χ3n) is 5.50. The van der Waals surface area contributed by atoms with E-state index in [9.17, 15) is 9.59 Å². The Kier molecular flexibility index (Phi) is 8.03. The summed E-state index contributed by atoms with van der Waals surface area (Å²) in [6.07, 6.45) is 0.814. The number of rotatable bonds is 6. The maximum atomic E-state index is 12.5. The molecule has 32 heavy (non-hydrogen) atoms. The molecule has 0 bridgehead atoms. The summed E-state index contributed by atoms with van der Waals surface area (Å²) in [6, 6.07) is 9.76. The second-order valence-corrected chi connectivity index (χ2v) is 8.18. The minimum absolute atomic E-state index is 0.115. The molecular weight excluding hydrogens is 406 g/mol. The molecule has 1 fully saturated rings. The number of hydrogen-bond acceptors (Lipinski definition) is 6. The van der Waals surface area contributed by atoms with E-state index < -0.39 is 5.97 Å². The molecule has 1 aromatic heterocycles. The summed E-state index contributed by atoms with van der Waals surface area (Å²) in [5.74, 6) is 1.52. The Balaban J connectivity index is 1.78. The van der Waals surface area contributed by atoms with Gasteiger partial charge in [-0.3, -0.25) is 4.79 Å². The Morgan fingerprint density at radius 3 is 2.53 bits per heavy atom. The summed E-state index contributed by atoms with van der Waals surface area (Å²) in [5, 5.41) is 2.66. The van der Waals surface area contributed by atoms with E-state index in [4.69, 9.17) is 14.7 Å². The Bertz CT molecular complexity index is 933. The van der Waals surface area contributed by atoms with Gasteiger partial charge in [-0.15, -0.1) is 0 Å². The Morgan fingerprint density at radius 1 is 1.09 bits per heavy atom. The molecule has 1 aliphatic heterocycles. The maximum absolute atomic E-state index is 12.5. The van der Waals surface area contributed by atoms with Gasteiger partial charge in [0.2, 0.25) is 0 Å². The molecule has 172 valence electrons. The molecule has 8 heteroatoms. The van der Waals surface area contributed by atoms with Gasteiger partial charge in [0.1, 0.15) is 12.4 Å². The zero-order chi connectivity index (χ0) is 23.1. The topological polar surface area (TPSA) is 87.7 Å². The zero-order valence-corrected chi connectivity index (χ0v) is 19.4. The third-order valence-corrected chi connectivity index (χ3v) is 5.50. The van der Waals surface area contributed by atoms with Gasteiger partial charge < -0.3 is 19.9 Å². The number of anilines is 1. The number of nitrogens with zero attached hydrogens (tertiary/aromatic N) is 4. The minimum Gasteiger partial charge on any atom is -0.465 e. The van der Waals surface area contributed by atoms with Crippen LogP contribution in [0.1, 0.15) is 44.4 Å². The normalized spacial score (nSPS) is 14.3. The zero-order valence-electron chi connectivity index (χ0n) is 19.4. The SMILES string of the molecule is CCOC(=O)CNC(=O)N1CCCN(c2nc(-c3ccccc3)nc(C)c2C(C)C)CC1. The first-order valence-corrected chi connectivity index (χ1v) is 11.3. The molecule has 0 aliphatic carbocycles. The number of hydrogen-bond donors (Lipinski definition) is 1. The number of carbonyl (C=O) groups excluding carboxylic acids is 2. The molecule has 1 aliphatic rings. The number of aromatic nitrogens is 2. The lowest BCUT2D eigenvalue weighted by atomic mass is 10.0. The van der Waals surface area contributed by atoms with Crippen LogP contribution in [-0.2, 0) is 9.53 Å². The molecule has 2 amide bonds. The number of esters is 1. The Labute approximate surface area is 190 Å². The van der Waals surface area contributed by atoms with Crippen LogP contribution in [0.4, 0.5) is 10.6 Å². The second kappa shape index (κ2) is 10.9. The predicted octanol–water partition coefficient (Wildman–Crippen LogP) is 3.36. The highest BCUT2D eigenvalue weighted by Crippen LogP contribution is 2.31. The Morgan fingerprint density at radius 2 is 1.84 bits per heavy atom. The first kappa shape index (κ1) is 23.5. The molecule has 0 unspecified atom stereocenters. The van der Waals surface area contributed by atoms with Crippen molar-refractivity contribution in [3.63, 3.8) is 0 Å². The number of urea groups is 1. The summed E-state index contributed by atoms with van der Waals surface area (Å²) < 4.78 is 4.88. The summed E-state index contributed by atoms with van der Waals surface area (Å²) in [5.41, 5.74) is 3.11. The number of amides is 2. The van der Waals surface area contributed by atoms with Gasteiger partial charge >= 0.3 is 12.0 Å². The lowest BCUT2D eigenvalue weighted by Crippen LogP contribution is -2.44. The first-order valence-electron chi connectivity index (χ1n) is 11.3. The lowest BCUT2D eigenvalue weighted by molar-refractivity contribution is -0.141. The van der Waals surface area contributed by atoms with Crippen molar-refractivity contribution in [1.29, 1.82) is 0 Å². The molecule has 2 heterocycles. The van der Waals surface area contributed by atoms with E-state index in [1.807, 2.05) is 37.3 Å². The van der Waals surface area contributed by atoms with Gasteiger partial charge in [0.25, 0.3) is 0 Å². The van der Waals surface area contributed by atoms with E-state index in [2.05, 4.69) is 24.1 Å². The fourth-order valence-electron chi connectivity index (χ4n) is 4.00. The smallest absolute Gasteiger partial charge is 0.325 e. The van der Waals surface area contributed by atoms with Crippen molar-refractivity contribution in [2.75, 3.05) is 44.2 Å². The average molecular weight is 440 g/mol. The van der Waals surface area contributed by atoms with Crippen molar-refractivity contribution < 1.29 is 14.3 Å². The van der Waals surface area contributed by atoms with Gasteiger partial charge in [0.15, 0.2) is 5.82 Å². The van der Waals surface area contributed by atoms with Crippen molar-refractivity contribution >= 4 is 17.8 Å². The number of ether oxygens (including phenoxy) is 1. The number of benzene rings is 1. The van der Waals surface area contributed by atoms with Crippen LogP contribution in [0.15, 0.2) is 30.3 Å². The van der Waals surface area contributed by atoms with Gasteiger partial charge in [-0.2, -0.15) is 0 Å². The summed E-state index contributed by atoms with van der Waals surface area (Å²) in [4.78, 5) is 37.8. The standard InChI is InChI=1S/C24H33N5O3/c1-5-32-20(30)16-25-24(31)29-13-9-12-28(14-15-29)23-21(17(2)3)18(4)26-22(27-23)19-10-7-6-8-11-19/h6-8,10-11,17H,5,9,12-16H2,1-4H3,(H,25,31). The van der Waals surface area contributed by atoms with E-state index in [0.717, 1.165) is 41.4 Å². The van der Waals surface area contributed by atoms with Gasteiger partial charge in [-0.05, 0) is 26.2 Å². The van der Waals surface area contributed by atoms with Gasteiger partial charge in [-0.25, -0.2) is 14.8 Å². The number of nitrogens with one attached hydrogen (secondary N) is 1. The van der Waals surface area contributed by atoms with Gasteiger partial charge in [-0.1, -0.05) is 44.2 Å². The number of aryl methyl sites for hydroxylation is 1. The largest absolute Gasteiger partial charge is 0.465 e. The highest BCUT2D eigenvalue weighted by Gasteiger charge is 2.24. The van der Waals surface area contributed by atoms with E-state index in [1.165, 1.54) is 0 Å².